The Morgan fingerprint density at radius 1 is 1.39 bits per heavy atom. The van der Waals surface area contributed by atoms with Gasteiger partial charge < -0.3 is 16.0 Å². The van der Waals surface area contributed by atoms with Gasteiger partial charge in [0.25, 0.3) is 0 Å². The molecule has 1 fully saturated rings. The lowest BCUT2D eigenvalue weighted by Crippen LogP contribution is -2.51. The average molecular weight is 278 g/mol. The summed E-state index contributed by atoms with van der Waals surface area (Å²) in [5.74, 6) is 0.0224. The van der Waals surface area contributed by atoms with Gasteiger partial charge in [-0.25, -0.2) is 0 Å². The molecule has 0 spiro atoms. The van der Waals surface area contributed by atoms with E-state index in [1.807, 2.05) is 13.8 Å². The molecule has 3 N–H and O–H groups in total. The van der Waals surface area contributed by atoms with Gasteiger partial charge in [-0.15, -0.1) is 12.4 Å². The van der Waals surface area contributed by atoms with Gasteiger partial charge in [-0.2, -0.15) is 0 Å². The molecule has 5 nitrogen and oxygen atoms in total. The first-order valence-electron chi connectivity index (χ1n) is 6.23. The molecule has 0 aromatic rings. The molecule has 0 radical (unpaired) electrons. The number of hydrogen-bond donors (Lipinski definition) is 2. The number of carbonyl (C=O) groups excluding carboxylic acids is 2. The van der Waals surface area contributed by atoms with E-state index in [1.165, 1.54) is 0 Å². The van der Waals surface area contributed by atoms with Crippen molar-refractivity contribution >= 4 is 24.2 Å². The van der Waals surface area contributed by atoms with Crippen LogP contribution >= 0.6 is 12.4 Å². The van der Waals surface area contributed by atoms with Crippen molar-refractivity contribution in [3.8, 4) is 0 Å². The fourth-order valence-corrected chi connectivity index (χ4v) is 2.09. The number of piperidine rings is 1. The Morgan fingerprint density at radius 3 is 2.50 bits per heavy atom. The first-order chi connectivity index (χ1) is 7.97. The molecule has 1 aliphatic rings. The number of nitrogens with one attached hydrogen (secondary N) is 1. The van der Waals surface area contributed by atoms with Gasteiger partial charge >= 0.3 is 0 Å². The highest BCUT2D eigenvalue weighted by Crippen LogP contribution is 2.18. The molecule has 18 heavy (non-hydrogen) atoms. The third-order valence-electron chi connectivity index (χ3n) is 3.35. The summed E-state index contributed by atoms with van der Waals surface area (Å²) in [4.78, 5) is 25.4. The predicted octanol–water partition coefficient (Wildman–Crippen LogP) is 0.376. The zero-order valence-corrected chi connectivity index (χ0v) is 12.1. The predicted molar refractivity (Wildman–Crippen MR) is 73.4 cm³/mol. The Balaban J connectivity index is 0.00000289. The topological polar surface area (TPSA) is 75.4 Å². The van der Waals surface area contributed by atoms with Crippen LogP contribution in [0.25, 0.3) is 0 Å². The molecule has 2 amide bonds. The van der Waals surface area contributed by atoms with E-state index < -0.39 is 6.04 Å². The second kappa shape index (κ2) is 7.59. The van der Waals surface area contributed by atoms with E-state index in [0.717, 1.165) is 12.8 Å². The van der Waals surface area contributed by atoms with E-state index in [9.17, 15) is 9.59 Å². The second-order valence-corrected chi connectivity index (χ2v) is 5.01. The van der Waals surface area contributed by atoms with Gasteiger partial charge in [0.05, 0.1) is 12.0 Å². The normalized spacial score (nSPS) is 21.2. The number of hydrogen-bond acceptors (Lipinski definition) is 3. The summed E-state index contributed by atoms with van der Waals surface area (Å²) in [6.45, 7) is 5.08. The van der Waals surface area contributed by atoms with Crippen LogP contribution in [-0.2, 0) is 9.59 Å². The summed E-state index contributed by atoms with van der Waals surface area (Å²) in [5, 5.41) is 2.64. The maximum absolute atomic E-state index is 12.1. The van der Waals surface area contributed by atoms with Crippen LogP contribution < -0.4 is 11.1 Å². The van der Waals surface area contributed by atoms with Crippen LogP contribution in [-0.4, -0.2) is 42.9 Å². The number of amides is 2. The summed E-state index contributed by atoms with van der Waals surface area (Å²) in [6, 6.07) is -0.460. The fraction of sp³-hybridized carbons (Fsp3) is 0.833. The molecular weight excluding hydrogens is 254 g/mol. The maximum atomic E-state index is 12.1. The zero-order chi connectivity index (χ0) is 13.0. The van der Waals surface area contributed by atoms with Crippen molar-refractivity contribution in [2.75, 3.05) is 20.1 Å². The molecule has 1 heterocycles. The van der Waals surface area contributed by atoms with Crippen LogP contribution in [0.2, 0.25) is 0 Å². The smallest absolute Gasteiger partial charge is 0.239 e. The highest BCUT2D eigenvalue weighted by molar-refractivity contribution is 5.85. The number of nitrogens with zero attached hydrogens (tertiary/aromatic N) is 1. The molecular formula is C12H24ClN3O2. The number of carbonyl (C=O) groups is 2. The minimum Gasteiger partial charge on any atom is -0.359 e. The molecule has 2 atom stereocenters. The lowest BCUT2D eigenvalue weighted by Gasteiger charge is -2.34. The van der Waals surface area contributed by atoms with Crippen LogP contribution in [0, 0.1) is 11.8 Å². The Bertz CT molecular complexity index is 297. The lowest BCUT2D eigenvalue weighted by atomic mass is 9.95. The average Bonchev–Trinajstić information content (AvgIpc) is 2.36. The van der Waals surface area contributed by atoms with E-state index >= 15 is 0 Å². The third-order valence-corrected chi connectivity index (χ3v) is 3.35. The highest BCUT2D eigenvalue weighted by Gasteiger charge is 2.30. The minimum absolute atomic E-state index is 0. The Hall–Kier alpha value is -0.810. The first-order valence-corrected chi connectivity index (χ1v) is 6.23. The van der Waals surface area contributed by atoms with Crippen LogP contribution in [0.4, 0.5) is 0 Å². The molecule has 2 unspecified atom stereocenters. The molecule has 6 heteroatoms. The molecule has 0 aromatic carbocycles. The molecule has 0 aromatic heterocycles. The molecule has 0 saturated carbocycles. The van der Waals surface area contributed by atoms with E-state index in [2.05, 4.69) is 5.32 Å². The maximum Gasteiger partial charge on any atom is 0.239 e. The summed E-state index contributed by atoms with van der Waals surface area (Å²) in [6.07, 6.45) is 1.72. The highest BCUT2D eigenvalue weighted by atomic mass is 35.5. The quantitative estimate of drug-likeness (QED) is 0.783. The standard InChI is InChI=1S/C12H23N3O2.ClH/c1-8(2)10(13)12(17)15-6-4-5-9(7-15)11(16)14-3;/h8-10H,4-7,13H2,1-3H3,(H,14,16);1H. The van der Waals surface area contributed by atoms with E-state index in [0.29, 0.717) is 13.1 Å². The van der Waals surface area contributed by atoms with Crippen molar-refractivity contribution in [2.45, 2.75) is 32.7 Å². The number of likely N-dealkylation sites (tertiary alicyclic amines) is 1. The van der Waals surface area contributed by atoms with Crippen molar-refractivity contribution in [3.05, 3.63) is 0 Å². The lowest BCUT2D eigenvalue weighted by molar-refractivity contribution is -0.137. The Kier molecular flexibility index (Phi) is 7.25. The second-order valence-electron chi connectivity index (χ2n) is 5.01. The van der Waals surface area contributed by atoms with Crippen LogP contribution in [0.1, 0.15) is 26.7 Å². The number of halogens is 1. The number of rotatable bonds is 3. The Morgan fingerprint density at radius 2 is 2.00 bits per heavy atom. The molecule has 1 saturated heterocycles. The SMILES string of the molecule is CNC(=O)C1CCCN(C(=O)C(N)C(C)C)C1.Cl. The van der Waals surface area contributed by atoms with Crippen LogP contribution in [0.3, 0.4) is 0 Å². The van der Waals surface area contributed by atoms with Crippen molar-refractivity contribution in [1.29, 1.82) is 0 Å². The third kappa shape index (κ3) is 4.14. The van der Waals surface area contributed by atoms with Gasteiger partial charge in [-0.1, -0.05) is 13.8 Å². The fourth-order valence-electron chi connectivity index (χ4n) is 2.09. The first kappa shape index (κ1) is 17.2. The Labute approximate surface area is 115 Å². The van der Waals surface area contributed by atoms with Crippen LogP contribution in [0.15, 0.2) is 0 Å². The van der Waals surface area contributed by atoms with E-state index in [4.69, 9.17) is 5.73 Å². The van der Waals surface area contributed by atoms with Crippen molar-refractivity contribution < 1.29 is 9.59 Å². The zero-order valence-electron chi connectivity index (χ0n) is 11.3. The van der Waals surface area contributed by atoms with Gasteiger partial charge in [0.15, 0.2) is 0 Å². The molecule has 0 aliphatic carbocycles. The van der Waals surface area contributed by atoms with E-state index in [1.54, 1.807) is 11.9 Å². The van der Waals surface area contributed by atoms with Crippen molar-refractivity contribution in [3.63, 3.8) is 0 Å². The van der Waals surface area contributed by atoms with Gasteiger partial charge in [0.1, 0.15) is 0 Å². The van der Waals surface area contributed by atoms with Gasteiger partial charge in [-0.05, 0) is 18.8 Å². The number of nitrogens with two attached hydrogens (primary N) is 1. The monoisotopic (exact) mass is 277 g/mol. The van der Waals surface area contributed by atoms with Crippen molar-refractivity contribution in [2.24, 2.45) is 17.6 Å². The summed E-state index contributed by atoms with van der Waals surface area (Å²) in [7, 11) is 1.63. The molecule has 0 bridgehead atoms. The largest absolute Gasteiger partial charge is 0.359 e. The minimum atomic E-state index is -0.460. The summed E-state index contributed by atoms with van der Waals surface area (Å²) >= 11 is 0. The molecule has 106 valence electrons. The van der Waals surface area contributed by atoms with Gasteiger partial charge in [0.2, 0.25) is 11.8 Å². The molecule has 1 rings (SSSR count). The van der Waals surface area contributed by atoms with Crippen molar-refractivity contribution in [1.82, 2.24) is 10.2 Å². The van der Waals surface area contributed by atoms with Gasteiger partial charge in [0, 0.05) is 20.1 Å². The molecule has 1 aliphatic heterocycles. The summed E-state index contributed by atoms with van der Waals surface area (Å²) in [5.41, 5.74) is 5.85. The van der Waals surface area contributed by atoms with Gasteiger partial charge in [-0.3, -0.25) is 9.59 Å². The van der Waals surface area contributed by atoms with E-state index in [-0.39, 0.29) is 36.1 Å². The van der Waals surface area contributed by atoms with Crippen LogP contribution in [0.5, 0.6) is 0 Å². The summed E-state index contributed by atoms with van der Waals surface area (Å²) < 4.78 is 0.